The van der Waals surface area contributed by atoms with Gasteiger partial charge in [-0.05, 0) is 11.5 Å². The molecule has 0 saturated heterocycles. The van der Waals surface area contributed by atoms with Crippen molar-refractivity contribution in [3.63, 3.8) is 0 Å². The Morgan fingerprint density at radius 3 is 2.26 bits per heavy atom. The van der Waals surface area contributed by atoms with Gasteiger partial charge in [-0.25, -0.2) is 0 Å². The fourth-order valence-electron chi connectivity index (χ4n) is 1.89. The van der Waals surface area contributed by atoms with Crippen LogP contribution in [0.25, 0.3) is 0 Å². The van der Waals surface area contributed by atoms with E-state index < -0.39 is 0 Å². The van der Waals surface area contributed by atoms with E-state index in [-0.39, 0.29) is 35.3 Å². The third kappa shape index (κ3) is 3.79. The minimum absolute atomic E-state index is 0. The Kier molecular flexibility index (Phi) is 5.99. The first-order valence-corrected chi connectivity index (χ1v) is 6.22. The van der Waals surface area contributed by atoms with Gasteiger partial charge in [0.2, 0.25) is 0 Å². The number of hydrogen-bond donors (Lipinski definition) is 0. The van der Waals surface area contributed by atoms with Crippen LogP contribution in [0.2, 0.25) is 0 Å². The van der Waals surface area contributed by atoms with Crippen LogP contribution in [0.4, 0.5) is 0 Å². The number of carbonyl (C=O) groups is 1. The SMILES string of the molecule is Cc1ccc(C(C)C)[c-]c1C(=O)c1ccccc1.[Na+]. The number of aryl methyl sites for hydroxylation is 1. The smallest absolute Gasteiger partial charge is 0.346 e. The molecule has 2 aromatic rings. The number of carbonyl (C=O) groups excluding carboxylic acids is 1. The van der Waals surface area contributed by atoms with E-state index in [0.717, 1.165) is 16.7 Å². The molecule has 2 rings (SSSR count). The van der Waals surface area contributed by atoms with Crippen molar-refractivity contribution in [1.29, 1.82) is 0 Å². The van der Waals surface area contributed by atoms with Gasteiger partial charge in [0.1, 0.15) is 5.78 Å². The molecule has 0 aliphatic carbocycles. The number of benzene rings is 2. The molecule has 1 nitrogen and oxygen atoms in total. The van der Waals surface area contributed by atoms with Crippen LogP contribution in [0.3, 0.4) is 0 Å². The molecule has 2 heteroatoms. The van der Waals surface area contributed by atoms with Crippen molar-refractivity contribution in [1.82, 2.24) is 0 Å². The Hall–Kier alpha value is -0.890. The molecule has 0 saturated carbocycles. The van der Waals surface area contributed by atoms with Crippen LogP contribution in [-0.2, 0) is 0 Å². The van der Waals surface area contributed by atoms with Crippen molar-refractivity contribution in [2.75, 3.05) is 0 Å². The van der Waals surface area contributed by atoms with Gasteiger partial charge in [0.05, 0.1) is 0 Å². The molecular formula is C17H17NaO. The molecule has 0 fully saturated rings. The average molecular weight is 260 g/mol. The van der Waals surface area contributed by atoms with Gasteiger partial charge in [-0.3, -0.25) is 0 Å². The van der Waals surface area contributed by atoms with Crippen molar-refractivity contribution >= 4 is 5.78 Å². The van der Waals surface area contributed by atoms with E-state index in [9.17, 15) is 4.79 Å². The molecule has 0 bridgehead atoms. The van der Waals surface area contributed by atoms with E-state index >= 15 is 0 Å². The zero-order valence-corrected chi connectivity index (χ0v) is 14.0. The normalized spacial score (nSPS) is 10.1. The molecule has 0 unspecified atom stereocenters. The number of hydrogen-bond acceptors (Lipinski definition) is 1. The van der Waals surface area contributed by atoms with E-state index in [2.05, 4.69) is 19.9 Å². The fourth-order valence-corrected chi connectivity index (χ4v) is 1.89. The zero-order chi connectivity index (χ0) is 13.1. The van der Waals surface area contributed by atoms with E-state index in [1.165, 1.54) is 0 Å². The summed E-state index contributed by atoms with van der Waals surface area (Å²) in [4.78, 5) is 12.4. The molecule has 0 aliphatic heterocycles. The molecule has 2 aromatic carbocycles. The molecule has 92 valence electrons. The second-order valence-electron chi connectivity index (χ2n) is 4.82. The van der Waals surface area contributed by atoms with Crippen LogP contribution in [0.1, 0.15) is 46.8 Å². The summed E-state index contributed by atoms with van der Waals surface area (Å²) in [5.74, 6) is 0.434. The van der Waals surface area contributed by atoms with Crippen molar-refractivity contribution < 1.29 is 34.4 Å². The summed E-state index contributed by atoms with van der Waals surface area (Å²) in [6, 6.07) is 16.7. The summed E-state index contributed by atoms with van der Waals surface area (Å²) >= 11 is 0. The maximum absolute atomic E-state index is 12.4. The summed E-state index contributed by atoms with van der Waals surface area (Å²) in [6.07, 6.45) is 0. The van der Waals surface area contributed by atoms with Crippen LogP contribution in [0.15, 0.2) is 42.5 Å². The maximum atomic E-state index is 12.4. The summed E-state index contributed by atoms with van der Waals surface area (Å²) < 4.78 is 0. The molecule has 0 heterocycles. The molecule has 0 aromatic heterocycles. The predicted molar refractivity (Wildman–Crippen MR) is 74.0 cm³/mol. The summed E-state index contributed by atoms with van der Waals surface area (Å²) in [6.45, 7) is 6.17. The monoisotopic (exact) mass is 260 g/mol. The van der Waals surface area contributed by atoms with Gasteiger partial charge in [-0.2, -0.15) is 0 Å². The standard InChI is InChI=1S/C17H17O.Na/c1-12(2)15-10-9-13(3)16(11-15)17(18)14-7-5-4-6-8-14;/h4-10,12H,1-3H3;/q-1;+1. The average Bonchev–Trinajstić information content (AvgIpc) is 2.39. The molecule has 19 heavy (non-hydrogen) atoms. The predicted octanol–water partition coefficient (Wildman–Crippen LogP) is 1.15. The molecule has 0 radical (unpaired) electrons. The fraction of sp³-hybridized carbons (Fsp3) is 0.235. The van der Waals surface area contributed by atoms with Crippen LogP contribution in [-0.4, -0.2) is 5.78 Å². The third-order valence-electron chi connectivity index (χ3n) is 3.06. The first kappa shape index (κ1) is 16.2. The Bertz CT molecular complexity index is 559. The summed E-state index contributed by atoms with van der Waals surface area (Å²) in [5, 5.41) is 0. The van der Waals surface area contributed by atoms with Crippen molar-refractivity contribution in [3.05, 3.63) is 70.8 Å². The molecule has 0 atom stereocenters. The van der Waals surface area contributed by atoms with E-state index in [1.807, 2.05) is 49.4 Å². The second-order valence-corrected chi connectivity index (χ2v) is 4.82. The van der Waals surface area contributed by atoms with Crippen LogP contribution in [0.5, 0.6) is 0 Å². The third-order valence-corrected chi connectivity index (χ3v) is 3.06. The van der Waals surface area contributed by atoms with Crippen molar-refractivity contribution in [2.45, 2.75) is 26.7 Å². The molecule has 0 aliphatic rings. The Labute approximate surface area is 137 Å². The van der Waals surface area contributed by atoms with Gasteiger partial charge in [0, 0.05) is 0 Å². The van der Waals surface area contributed by atoms with Crippen molar-refractivity contribution in [3.8, 4) is 0 Å². The molecular weight excluding hydrogens is 243 g/mol. The van der Waals surface area contributed by atoms with Crippen LogP contribution >= 0.6 is 0 Å². The maximum Gasteiger partial charge on any atom is 1.00 e. The zero-order valence-electron chi connectivity index (χ0n) is 12.0. The largest absolute Gasteiger partial charge is 1.00 e. The quantitative estimate of drug-likeness (QED) is 0.460. The molecule has 0 spiro atoms. The first-order chi connectivity index (χ1) is 8.59. The van der Waals surface area contributed by atoms with Gasteiger partial charge in [-0.1, -0.05) is 51.1 Å². The Morgan fingerprint density at radius 2 is 1.68 bits per heavy atom. The van der Waals surface area contributed by atoms with Gasteiger partial charge in [-0.15, -0.1) is 34.9 Å². The van der Waals surface area contributed by atoms with Crippen molar-refractivity contribution in [2.24, 2.45) is 0 Å². The topological polar surface area (TPSA) is 17.1 Å². The number of ketones is 1. The minimum Gasteiger partial charge on any atom is -0.346 e. The van der Waals surface area contributed by atoms with Gasteiger partial charge in [0.25, 0.3) is 0 Å². The number of rotatable bonds is 3. The molecule has 0 N–H and O–H groups in total. The van der Waals surface area contributed by atoms with E-state index in [4.69, 9.17) is 0 Å². The molecule has 0 amide bonds. The van der Waals surface area contributed by atoms with Gasteiger partial charge >= 0.3 is 29.6 Å². The van der Waals surface area contributed by atoms with Gasteiger partial charge in [0.15, 0.2) is 0 Å². The summed E-state index contributed by atoms with van der Waals surface area (Å²) in [5.41, 5.74) is 3.47. The second kappa shape index (κ2) is 7.04. The minimum atomic E-state index is 0. The Morgan fingerprint density at radius 1 is 1.05 bits per heavy atom. The van der Waals surface area contributed by atoms with E-state index in [1.54, 1.807) is 0 Å². The first-order valence-electron chi connectivity index (χ1n) is 6.22. The van der Waals surface area contributed by atoms with E-state index in [0.29, 0.717) is 11.5 Å². The van der Waals surface area contributed by atoms with Gasteiger partial charge < -0.3 is 4.79 Å². The van der Waals surface area contributed by atoms with Crippen LogP contribution < -0.4 is 29.6 Å². The Balaban J connectivity index is 0.00000180. The van der Waals surface area contributed by atoms with Crippen LogP contribution in [0, 0.1) is 13.0 Å². The summed E-state index contributed by atoms with van der Waals surface area (Å²) in [7, 11) is 0.